The third-order valence-electron chi connectivity index (χ3n) is 3.03. The molecule has 0 aliphatic rings. The van der Waals surface area contributed by atoms with E-state index in [9.17, 15) is 14.4 Å². The van der Waals surface area contributed by atoms with Gasteiger partial charge in [0, 0.05) is 16.7 Å². The Hall–Kier alpha value is -3.15. The van der Waals surface area contributed by atoms with E-state index in [0.717, 1.165) is 5.56 Å². The molecule has 0 heterocycles. The second kappa shape index (κ2) is 12.2. The van der Waals surface area contributed by atoms with Crippen LogP contribution in [-0.4, -0.2) is 30.1 Å². The fraction of sp³-hybridized carbons (Fsp3) is 0.250. The van der Waals surface area contributed by atoms with E-state index in [2.05, 4.69) is 17.9 Å². The lowest BCUT2D eigenvalue weighted by molar-refractivity contribution is -0.140. The van der Waals surface area contributed by atoms with Crippen LogP contribution in [0.3, 0.4) is 0 Å². The van der Waals surface area contributed by atoms with E-state index >= 15 is 0 Å². The number of esters is 2. The minimum atomic E-state index is -1.00. The molecule has 140 valence electrons. The molecule has 0 radical (unpaired) electrons. The molecule has 0 amide bonds. The fourth-order valence-corrected chi connectivity index (χ4v) is 1.44. The lowest BCUT2D eigenvalue weighted by Gasteiger charge is -2.03. The lowest BCUT2D eigenvalue weighted by Crippen LogP contribution is -2.04. The van der Waals surface area contributed by atoms with Crippen molar-refractivity contribution < 1.29 is 29.0 Å². The molecule has 0 fully saturated rings. The zero-order valence-electron chi connectivity index (χ0n) is 15.3. The van der Waals surface area contributed by atoms with Gasteiger partial charge < -0.3 is 14.6 Å². The number of carbonyl (C=O) groups excluding carboxylic acids is 2. The summed E-state index contributed by atoms with van der Waals surface area (Å²) in [5, 5.41) is 8.48. The van der Waals surface area contributed by atoms with Crippen molar-refractivity contribution in [3.63, 3.8) is 0 Å². The van der Waals surface area contributed by atoms with Crippen molar-refractivity contribution in [1.29, 1.82) is 0 Å². The van der Waals surface area contributed by atoms with Crippen molar-refractivity contribution in [2.45, 2.75) is 26.9 Å². The highest BCUT2D eigenvalue weighted by Gasteiger charge is 2.06. The van der Waals surface area contributed by atoms with Gasteiger partial charge in [-0.1, -0.05) is 49.6 Å². The Kier molecular flexibility index (Phi) is 10.8. The summed E-state index contributed by atoms with van der Waals surface area (Å²) in [6, 6.07) is 9.55. The van der Waals surface area contributed by atoms with E-state index < -0.39 is 11.9 Å². The molecule has 0 aromatic heterocycles. The van der Waals surface area contributed by atoms with Gasteiger partial charge >= 0.3 is 17.9 Å². The average molecular weight is 360 g/mol. The predicted molar refractivity (Wildman–Crippen MR) is 98.2 cm³/mol. The van der Waals surface area contributed by atoms with Crippen LogP contribution >= 0.6 is 0 Å². The smallest absolute Gasteiger partial charge is 0.333 e. The summed E-state index contributed by atoms with van der Waals surface area (Å²) in [6.45, 7) is 10.3. The Morgan fingerprint density at radius 1 is 1.08 bits per heavy atom. The SMILES string of the molecule is C=C(C)C(=O)OCc1ccccc1.C=C(CC=C(C)C(=O)O)C(=O)OC. The van der Waals surface area contributed by atoms with Crippen LogP contribution in [0.25, 0.3) is 0 Å². The Bertz CT molecular complexity index is 686. The van der Waals surface area contributed by atoms with Gasteiger partial charge in [0.1, 0.15) is 6.61 Å². The van der Waals surface area contributed by atoms with Crippen molar-refractivity contribution in [3.8, 4) is 0 Å². The maximum atomic E-state index is 11.0. The van der Waals surface area contributed by atoms with Crippen LogP contribution in [0.15, 0.2) is 66.3 Å². The highest BCUT2D eigenvalue weighted by molar-refractivity contribution is 5.89. The molecule has 0 aliphatic heterocycles. The minimum Gasteiger partial charge on any atom is -0.478 e. The number of rotatable bonds is 7. The summed E-state index contributed by atoms with van der Waals surface area (Å²) < 4.78 is 9.34. The van der Waals surface area contributed by atoms with Gasteiger partial charge in [-0.2, -0.15) is 0 Å². The molecule has 0 aliphatic carbocycles. The first kappa shape index (κ1) is 22.9. The summed E-state index contributed by atoms with van der Waals surface area (Å²) in [7, 11) is 1.25. The molecular formula is C20H24O6. The summed E-state index contributed by atoms with van der Waals surface area (Å²) in [4.78, 5) is 32.1. The number of hydrogen-bond acceptors (Lipinski definition) is 5. The molecule has 0 saturated carbocycles. The number of benzene rings is 1. The largest absolute Gasteiger partial charge is 0.478 e. The van der Waals surface area contributed by atoms with Gasteiger partial charge in [-0.15, -0.1) is 0 Å². The van der Waals surface area contributed by atoms with Crippen LogP contribution < -0.4 is 0 Å². The number of allylic oxidation sites excluding steroid dienone is 1. The number of carbonyl (C=O) groups is 3. The van der Waals surface area contributed by atoms with E-state index in [0.29, 0.717) is 12.2 Å². The molecule has 1 aromatic rings. The lowest BCUT2D eigenvalue weighted by atomic mass is 10.1. The summed E-state index contributed by atoms with van der Waals surface area (Å²) in [5.41, 5.74) is 1.83. The molecule has 6 heteroatoms. The highest BCUT2D eigenvalue weighted by atomic mass is 16.5. The topological polar surface area (TPSA) is 89.9 Å². The maximum absolute atomic E-state index is 11.0. The van der Waals surface area contributed by atoms with Crippen molar-refractivity contribution in [3.05, 3.63) is 71.8 Å². The summed E-state index contributed by atoms with van der Waals surface area (Å²) >= 11 is 0. The molecule has 0 unspecified atom stereocenters. The van der Waals surface area contributed by atoms with E-state index in [1.54, 1.807) is 6.92 Å². The first-order chi connectivity index (χ1) is 12.2. The predicted octanol–water partition coefficient (Wildman–Crippen LogP) is 3.44. The van der Waals surface area contributed by atoms with Crippen molar-refractivity contribution in [2.75, 3.05) is 7.11 Å². The third kappa shape index (κ3) is 9.87. The van der Waals surface area contributed by atoms with Crippen molar-refractivity contribution in [1.82, 2.24) is 0 Å². The van der Waals surface area contributed by atoms with Gasteiger partial charge in [0.05, 0.1) is 7.11 Å². The molecule has 1 rings (SSSR count). The second-order valence-electron chi connectivity index (χ2n) is 5.33. The molecule has 6 nitrogen and oxygen atoms in total. The van der Waals surface area contributed by atoms with E-state index in [4.69, 9.17) is 9.84 Å². The molecule has 1 N–H and O–H groups in total. The Balaban J connectivity index is 0.000000481. The van der Waals surface area contributed by atoms with Crippen LogP contribution in [0.5, 0.6) is 0 Å². The number of aliphatic carboxylic acids is 1. The van der Waals surface area contributed by atoms with Gasteiger partial charge in [-0.25, -0.2) is 14.4 Å². The molecule has 0 saturated heterocycles. The zero-order chi connectivity index (χ0) is 20.1. The average Bonchev–Trinajstić information content (AvgIpc) is 2.64. The summed E-state index contributed by atoms with van der Waals surface area (Å²) in [5.74, 6) is -1.86. The molecule has 0 atom stereocenters. The number of methoxy groups -OCH3 is 1. The molecule has 0 bridgehead atoms. The van der Waals surface area contributed by atoms with Gasteiger partial charge in [0.15, 0.2) is 0 Å². The highest BCUT2D eigenvalue weighted by Crippen LogP contribution is 2.05. The molecule has 1 aromatic carbocycles. The van der Waals surface area contributed by atoms with Crippen LogP contribution in [0.1, 0.15) is 25.8 Å². The van der Waals surface area contributed by atoms with Crippen LogP contribution in [0.4, 0.5) is 0 Å². The fourth-order valence-electron chi connectivity index (χ4n) is 1.44. The van der Waals surface area contributed by atoms with Crippen molar-refractivity contribution in [2.24, 2.45) is 0 Å². The Labute approximate surface area is 153 Å². The zero-order valence-corrected chi connectivity index (χ0v) is 15.3. The number of carboxylic acid groups (broad SMARTS) is 1. The first-order valence-electron chi connectivity index (χ1n) is 7.71. The quantitative estimate of drug-likeness (QED) is 0.592. The first-order valence-corrected chi connectivity index (χ1v) is 7.71. The normalized spacial score (nSPS) is 10.0. The van der Waals surface area contributed by atoms with Crippen LogP contribution in [0.2, 0.25) is 0 Å². The Morgan fingerprint density at radius 3 is 2.12 bits per heavy atom. The minimum absolute atomic E-state index is 0.185. The molecular weight excluding hydrogens is 336 g/mol. The van der Waals surface area contributed by atoms with Gasteiger partial charge in [0.2, 0.25) is 0 Å². The van der Waals surface area contributed by atoms with Crippen LogP contribution in [-0.2, 0) is 30.5 Å². The standard InChI is InChI=1S/C11H12O2.C9H12O4/c1-9(2)11(12)13-8-10-6-4-3-5-7-10;1-6(8(10)11)4-5-7(2)9(12)13-3/h3-7H,1,8H2,2H3;4H,2,5H2,1,3H3,(H,10,11). The number of ether oxygens (including phenoxy) is 2. The van der Waals surface area contributed by atoms with E-state index in [1.807, 2.05) is 30.3 Å². The monoisotopic (exact) mass is 360 g/mol. The summed E-state index contributed by atoms with van der Waals surface area (Å²) in [6.07, 6.45) is 1.62. The van der Waals surface area contributed by atoms with Gasteiger partial charge in [0.25, 0.3) is 0 Å². The third-order valence-corrected chi connectivity index (χ3v) is 3.03. The number of hydrogen-bond donors (Lipinski definition) is 1. The van der Waals surface area contributed by atoms with Gasteiger partial charge in [-0.3, -0.25) is 0 Å². The van der Waals surface area contributed by atoms with Gasteiger partial charge in [-0.05, 0) is 25.8 Å². The Morgan fingerprint density at radius 2 is 1.65 bits per heavy atom. The molecule has 0 spiro atoms. The van der Waals surface area contributed by atoms with Crippen LogP contribution in [0, 0.1) is 0 Å². The second-order valence-corrected chi connectivity index (χ2v) is 5.33. The number of carboxylic acids is 1. The van der Waals surface area contributed by atoms with E-state index in [-0.39, 0.29) is 23.5 Å². The maximum Gasteiger partial charge on any atom is 0.333 e. The van der Waals surface area contributed by atoms with Crippen molar-refractivity contribution >= 4 is 17.9 Å². The molecule has 26 heavy (non-hydrogen) atoms. The van der Waals surface area contributed by atoms with E-state index in [1.165, 1.54) is 20.1 Å².